The van der Waals surface area contributed by atoms with Gasteiger partial charge in [0.15, 0.2) is 0 Å². The van der Waals surface area contributed by atoms with Crippen molar-refractivity contribution in [3.8, 4) is 0 Å². The summed E-state index contributed by atoms with van der Waals surface area (Å²) in [6.07, 6.45) is 8.55. The lowest BCUT2D eigenvalue weighted by Crippen LogP contribution is -2.39. The van der Waals surface area contributed by atoms with E-state index in [1.165, 1.54) is 38.5 Å². The van der Waals surface area contributed by atoms with Crippen molar-refractivity contribution in [3.05, 3.63) is 0 Å². The highest BCUT2D eigenvalue weighted by Crippen LogP contribution is 2.25. The first-order valence-corrected chi connectivity index (χ1v) is 6.21. The fourth-order valence-electron chi connectivity index (χ4n) is 2.70. The average molecular weight is 197 g/mol. The van der Waals surface area contributed by atoms with Crippen LogP contribution < -0.4 is 5.32 Å². The predicted octanol–water partition coefficient (Wildman–Crippen LogP) is 2.33. The van der Waals surface area contributed by atoms with Crippen molar-refractivity contribution in [2.45, 2.75) is 57.6 Å². The van der Waals surface area contributed by atoms with E-state index < -0.39 is 0 Å². The Morgan fingerprint density at radius 3 is 2.71 bits per heavy atom. The van der Waals surface area contributed by atoms with Crippen LogP contribution in [0.4, 0.5) is 0 Å². The van der Waals surface area contributed by atoms with Gasteiger partial charge in [0, 0.05) is 19.2 Å². The molecule has 2 fully saturated rings. The molecular formula is C12H23NO. The summed E-state index contributed by atoms with van der Waals surface area (Å²) in [7, 11) is 0. The van der Waals surface area contributed by atoms with Crippen molar-refractivity contribution < 1.29 is 4.74 Å². The van der Waals surface area contributed by atoms with Crippen molar-refractivity contribution in [2.75, 3.05) is 13.2 Å². The minimum atomic E-state index is 0.497. The van der Waals surface area contributed by atoms with E-state index in [0.29, 0.717) is 6.10 Å². The van der Waals surface area contributed by atoms with E-state index in [9.17, 15) is 0 Å². The second-order valence-corrected chi connectivity index (χ2v) is 4.91. The molecule has 0 spiro atoms. The Kier molecular flexibility index (Phi) is 3.82. The molecule has 1 aliphatic carbocycles. The van der Waals surface area contributed by atoms with Crippen LogP contribution in [0.15, 0.2) is 0 Å². The minimum absolute atomic E-state index is 0.497. The zero-order chi connectivity index (χ0) is 9.80. The molecule has 1 aliphatic heterocycles. The first-order chi connectivity index (χ1) is 6.86. The first kappa shape index (κ1) is 10.4. The summed E-state index contributed by atoms with van der Waals surface area (Å²) in [6.45, 7) is 4.42. The third-order valence-corrected chi connectivity index (χ3v) is 3.74. The molecule has 0 bridgehead atoms. The maximum Gasteiger partial charge on any atom is 0.0699 e. The van der Waals surface area contributed by atoms with Gasteiger partial charge in [-0.2, -0.15) is 0 Å². The van der Waals surface area contributed by atoms with E-state index in [1.807, 2.05) is 0 Å². The molecule has 0 radical (unpaired) electrons. The summed E-state index contributed by atoms with van der Waals surface area (Å²) in [6, 6.07) is 0.764. The van der Waals surface area contributed by atoms with Crippen LogP contribution in [0.25, 0.3) is 0 Å². The van der Waals surface area contributed by atoms with Crippen LogP contribution in [0.1, 0.15) is 45.4 Å². The first-order valence-electron chi connectivity index (χ1n) is 6.21. The van der Waals surface area contributed by atoms with E-state index >= 15 is 0 Å². The van der Waals surface area contributed by atoms with E-state index in [-0.39, 0.29) is 0 Å². The summed E-state index contributed by atoms with van der Waals surface area (Å²) < 4.78 is 5.71. The molecule has 1 saturated heterocycles. The molecule has 0 aromatic rings. The maximum absolute atomic E-state index is 5.71. The summed E-state index contributed by atoms with van der Waals surface area (Å²) in [4.78, 5) is 0. The lowest BCUT2D eigenvalue weighted by molar-refractivity contribution is 0.0148. The second-order valence-electron chi connectivity index (χ2n) is 4.91. The molecule has 2 rings (SSSR count). The molecule has 2 nitrogen and oxygen atoms in total. The molecule has 1 saturated carbocycles. The molecule has 0 amide bonds. The van der Waals surface area contributed by atoms with Crippen molar-refractivity contribution in [1.82, 2.24) is 5.32 Å². The van der Waals surface area contributed by atoms with E-state index in [2.05, 4.69) is 12.2 Å². The monoisotopic (exact) mass is 197 g/mol. The Balaban J connectivity index is 1.65. The topological polar surface area (TPSA) is 21.3 Å². The largest absolute Gasteiger partial charge is 0.377 e. The van der Waals surface area contributed by atoms with Crippen LogP contribution >= 0.6 is 0 Å². The standard InChI is InChI=1S/C12H23NO/c1-10-5-4-7-12(10)13-9-11-6-2-3-8-14-11/h10-13H,2-9H2,1H3. The lowest BCUT2D eigenvalue weighted by Gasteiger charge is -2.25. The molecular weight excluding hydrogens is 174 g/mol. The summed E-state index contributed by atoms with van der Waals surface area (Å²) >= 11 is 0. The molecule has 3 unspecified atom stereocenters. The van der Waals surface area contributed by atoms with Gasteiger partial charge < -0.3 is 10.1 Å². The van der Waals surface area contributed by atoms with Crippen LogP contribution in [0.2, 0.25) is 0 Å². The van der Waals surface area contributed by atoms with Gasteiger partial charge in [-0.25, -0.2) is 0 Å². The van der Waals surface area contributed by atoms with Crippen molar-refractivity contribution in [3.63, 3.8) is 0 Å². The highest BCUT2D eigenvalue weighted by Gasteiger charge is 2.24. The smallest absolute Gasteiger partial charge is 0.0699 e. The molecule has 0 aromatic carbocycles. The van der Waals surface area contributed by atoms with Gasteiger partial charge >= 0.3 is 0 Å². The third kappa shape index (κ3) is 2.71. The van der Waals surface area contributed by atoms with Crippen molar-refractivity contribution >= 4 is 0 Å². The van der Waals surface area contributed by atoms with Crippen molar-refractivity contribution in [1.29, 1.82) is 0 Å². The summed E-state index contributed by atoms with van der Waals surface area (Å²) in [5.74, 6) is 0.874. The van der Waals surface area contributed by atoms with Gasteiger partial charge in [0.05, 0.1) is 6.10 Å². The Labute approximate surface area is 87.4 Å². The van der Waals surface area contributed by atoms with Gasteiger partial charge in [-0.1, -0.05) is 13.3 Å². The number of hydrogen-bond donors (Lipinski definition) is 1. The van der Waals surface area contributed by atoms with Crippen LogP contribution in [-0.2, 0) is 4.74 Å². The molecule has 14 heavy (non-hydrogen) atoms. The van der Waals surface area contributed by atoms with Gasteiger partial charge in [0.1, 0.15) is 0 Å². The number of nitrogens with one attached hydrogen (secondary N) is 1. The maximum atomic E-state index is 5.71. The molecule has 1 heterocycles. The average Bonchev–Trinajstić information content (AvgIpc) is 2.63. The van der Waals surface area contributed by atoms with Gasteiger partial charge in [-0.3, -0.25) is 0 Å². The van der Waals surface area contributed by atoms with Crippen LogP contribution in [-0.4, -0.2) is 25.3 Å². The minimum Gasteiger partial charge on any atom is -0.377 e. The highest BCUT2D eigenvalue weighted by molar-refractivity contribution is 4.81. The van der Waals surface area contributed by atoms with Gasteiger partial charge in [0.2, 0.25) is 0 Å². The second kappa shape index (κ2) is 5.13. The van der Waals surface area contributed by atoms with E-state index in [1.54, 1.807) is 0 Å². The van der Waals surface area contributed by atoms with Gasteiger partial charge in [0.25, 0.3) is 0 Å². The normalized spacial score (nSPS) is 38.8. The molecule has 3 atom stereocenters. The number of rotatable bonds is 3. The molecule has 2 aliphatic rings. The van der Waals surface area contributed by atoms with Crippen molar-refractivity contribution in [2.24, 2.45) is 5.92 Å². The molecule has 82 valence electrons. The fraction of sp³-hybridized carbons (Fsp3) is 1.00. The fourth-order valence-corrected chi connectivity index (χ4v) is 2.70. The number of hydrogen-bond acceptors (Lipinski definition) is 2. The lowest BCUT2D eigenvalue weighted by atomic mass is 10.1. The van der Waals surface area contributed by atoms with E-state index in [4.69, 9.17) is 4.74 Å². The van der Waals surface area contributed by atoms with Crippen LogP contribution in [0, 0.1) is 5.92 Å². The molecule has 2 heteroatoms. The van der Waals surface area contributed by atoms with Crippen LogP contribution in [0.5, 0.6) is 0 Å². The molecule has 1 N–H and O–H groups in total. The Morgan fingerprint density at radius 2 is 2.07 bits per heavy atom. The van der Waals surface area contributed by atoms with E-state index in [0.717, 1.165) is 25.1 Å². The predicted molar refractivity (Wildman–Crippen MR) is 58.4 cm³/mol. The Morgan fingerprint density at radius 1 is 1.14 bits per heavy atom. The molecule has 0 aromatic heterocycles. The quantitative estimate of drug-likeness (QED) is 0.750. The third-order valence-electron chi connectivity index (χ3n) is 3.74. The zero-order valence-electron chi connectivity index (χ0n) is 9.30. The zero-order valence-corrected chi connectivity index (χ0v) is 9.30. The Bertz CT molecular complexity index is 166. The van der Waals surface area contributed by atoms with Crippen LogP contribution in [0.3, 0.4) is 0 Å². The summed E-state index contributed by atoms with van der Waals surface area (Å²) in [5.41, 5.74) is 0. The van der Waals surface area contributed by atoms with Gasteiger partial charge in [-0.05, 0) is 38.0 Å². The number of ether oxygens (including phenoxy) is 1. The van der Waals surface area contributed by atoms with Gasteiger partial charge in [-0.15, -0.1) is 0 Å². The SMILES string of the molecule is CC1CCCC1NCC1CCCCO1. The Hall–Kier alpha value is -0.0800. The highest BCUT2D eigenvalue weighted by atomic mass is 16.5. The summed E-state index contributed by atoms with van der Waals surface area (Å²) in [5, 5.41) is 3.68.